The average Bonchev–Trinajstić information content (AvgIpc) is 2.88. The molecule has 2 aromatic carbocycles. The van der Waals surface area contributed by atoms with E-state index in [4.69, 9.17) is 4.74 Å². The first kappa shape index (κ1) is 28.4. The molecule has 1 unspecified atom stereocenters. The van der Waals surface area contributed by atoms with Gasteiger partial charge in [-0.15, -0.1) is 0 Å². The highest BCUT2D eigenvalue weighted by atomic mass is 32.2. The molecule has 1 aliphatic rings. The summed E-state index contributed by atoms with van der Waals surface area (Å²) in [6.45, 7) is 5.72. The number of nitrogens with zero attached hydrogens (tertiary/aromatic N) is 1. The van der Waals surface area contributed by atoms with Crippen LogP contribution in [0.2, 0.25) is 0 Å². The Labute approximate surface area is 218 Å². The van der Waals surface area contributed by atoms with Gasteiger partial charge in [0.1, 0.15) is 11.8 Å². The van der Waals surface area contributed by atoms with Crippen molar-refractivity contribution >= 4 is 22.0 Å². The molecule has 2 atom stereocenters. The molecule has 202 valence electrons. The summed E-state index contributed by atoms with van der Waals surface area (Å²) in [6, 6.07) is 12.7. The molecule has 0 aromatic heterocycles. The van der Waals surface area contributed by atoms with Crippen molar-refractivity contribution in [2.24, 2.45) is 5.92 Å². The zero-order chi connectivity index (χ0) is 26.8. The number of morpholine rings is 1. The molecule has 11 heteroatoms. The van der Waals surface area contributed by atoms with Gasteiger partial charge in [-0.3, -0.25) is 4.79 Å². The minimum Gasteiger partial charge on any atom is -0.508 e. The number of amides is 3. The van der Waals surface area contributed by atoms with Gasteiger partial charge in [-0.05, 0) is 42.2 Å². The fourth-order valence-electron chi connectivity index (χ4n) is 4.06. The SMILES string of the molecule is CC(C)CC(CNC(=O)[C@H](Cc1ccc(O)cc1)NC(=O)N1CCOCC1)NS(=O)(=O)c1ccccc1. The fraction of sp³-hybridized carbons (Fsp3) is 0.462. The highest BCUT2D eigenvalue weighted by Gasteiger charge is 2.27. The molecular formula is C26H36N4O6S. The van der Waals surface area contributed by atoms with Gasteiger partial charge in [0.25, 0.3) is 0 Å². The molecule has 3 amide bonds. The zero-order valence-electron chi connectivity index (χ0n) is 21.2. The smallest absolute Gasteiger partial charge is 0.318 e. The maximum absolute atomic E-state index is 13.3. The number of phenolic OH excluding ortho intramolecular Hbond substituents is 1. The summed E-state index contributed by atoms with van der Waals surface area (Å²) in [7, 11) is -3.77. The van der Waals surface area contributed by atoms with E-state index in [-0.39, 0.29) is 35.6 Å². The van der Waals surface area contributed by atoms with Crippen LogP contribution in [0.15, 0.2) is 59.5 Å². The van der Waals surface area contributed by atoms with E-state index in [9.17, 15) is 23.1 Å². The molecule has 1 aliphatic heterocycles. The lowest BCUT2D eigenvalue weighted by Gasteiger charge is -2.29. The summed E-state index contributed by atoms with van der Waals surface area (Å²) >= 11 is 0. The molecule has 1 heterocycles. The van der Waals surface area contributed by atoms with Crippen LogP contribution in [-0.4, -0.2) is 75.3 Å². The average molecular weight is 533 g/mol. The fourth-order valence-corrected chi connectivity index (χ4v) is 5.33. The van der Waals surface area contributed by atoms with Crippen molar-refractivity contribution in [1.29, 1.82) is 0 Å². The van der Waals surface area contributed by atoms with Crippen molar-refractivity contribution in [3.8, 4) is 5.75 Å². The van der Waals surface area contributed by atoms with Crippen molar-refractivity contribution in [1.82, 2.24) is 20.3 Å². The van der Waals surface area contributed by atoms with Crippen LogP contribution in [0.4, 0.5) is 4.79 Å². The predicted octanol–water partition coefficient (Wildman–Crippen LogP) is 1.85. The Hall–Kier alpha value is -3.15. The number of nitrogens with one attached hydrogen (secondary N) is 3. The van der Waals surface area contributed by atoms with Crippen LogP contribution < -0.4 is 15.4 Å². The predicted molar refractivity (Wildman–Crippen MR) is 140 cm³/mol. The summed E-state index contributed by atoms with van der Waals surface area (Å²) in [5, 5.41) is 15.2. The number of phenols is 1. The van der Waals surface area contributed by atoms with E-state index in [1.807, 2.05) is 13.8 Å². The Bertz CT molecular complexity index is 1120. The molecule has 0 spiro atoms. The Balaban J connectivity index is 1.70. The third-order valence-electron chi connectivity index (χ3n) is 5.94. The first-order chi connectivity index (χ1) is 17.6. The van der Waals surface area contributed by atoms with Crippen LogP contribution in [-0.2, 0) is 26.0 Å². The molecule has 37 heavy (non-hydrogen) atoms. The van der Waals surface area contributed by atoms with E-state index < -0.39 is 28.0 Å². The highest BCUT2D eigenvalue weighted by Crippen LogP contribution is 2.14. The minimum atomic E-state index is -3.77. The molecule has 1 saturated heterocycles. The number of benzene rings is 2. The number of carbonyl (C=O) groups is 2. The van der Waals surface area contributed by atoms with Crippen LogP contribution in [0, 0.1) is 5.92 Å². The van der Waals surface area contributed by atoms with E-state index in [1.54, 1.807) is 35.2 Å². The lowest BCUT2D eigenvalue weighted by Crippen LogP contribution is -2.55. The molecule has 0 aliphatic carbocycles. The van der Waals surface area contributed by atoms with Crippen molar-refractivity contribution in [2.75, 3.05) is 32.8 Å². The topological polar surface area (TPSA) is 137 Å². The molecule has 0 saturated carbocycles. The summed E-state index contributed by atoms with van der Waals surface area (Å²) in [5.41, 5.74) is 0.753. The van der Waals surface area contributed by atoms with Gasteiger partial charge >= 0.3 is 6.03 Å². The van der Waals surface area contributed by atoms with Crippen molar-refractivity contribution in [3.63, 3.8) is 0 Å². The number of hydrogen-bond acceptors (Lipinski definition) is 6. The molecule has 4 N–H and O–H groups in total. The highest BCUT2D eigenvalue weighted by molar-refractivity contribution is 7.89. The third-order valence-corrected chi connectivity index (χ3v) is 7.48. The van der Waals surface area contributed by atoms with Gasteiger partial charge in [-0.2, -0.15) is 0 Å². The Kier molecular flexibility index (Phi) is 10.3. The van der Waals surface area contributed by atoms with Crippen LogP contribution in [0.25, 0.3) is 0 Å². The van der Waals surface area contributed by atoms with Crippen LogP contribution >= 0.6 is 0 Å². The molecule has 3 rings (SSSR count). The molecule has 0 radical (unpaired) electrons. The van der Waals surface area contributed by atoms with E-state index in [0.717, 1.165) is 5.56 Å². The van der Waals surface area contributed by atoms with Gasteiger partial charge in [0.15, 0.2) is 0 Å². The van der Waals surface area contributed by atoms with Crippen molar-refractivity contribution in [2.45, 2.75) is 43.7 Å². The Morgan fingerprint density at radius 2 is 1.68 bits per heavy atom. The Morgan fingerprint density at radius 1 is 1.03 bits per heavy atom. The van der Waals surface area contributed by atoms with Gasteiger partial charge in [-0.25, -0.2) is 17.9 Å². The monoisotopic (exact) mass is 532 g/mol. The number of rotatable bonds is 11. The second kappa shape index (κ2) is 13.4. The summed E-state index contributed by atoms with van der Waals surface area (Å²) in [4.78, 5) is 27.8. The summed E-state index contributed by atoms with van der Waals surface area (Å²) in [6.07, 6.45) is 0.710. The number of aromatic hydroxyl groups is 1. The first-order valence-corrected chi connectivity index (χ1v) is 13.9. The third kappa shape index (κ3) is 9.03. The summed E-state index contributed by atoms with van der Waals surface area (Å²) < 4.78 is 33.8. The van der Waals surface area contributed by atoms with Gasteiger partial charge in [0.2, 0.25) is 15.9 Å². The van der Waals surface area contributed by atoms with E-state index in [2.05, 4.69) is 15.4 Å². The Morgan fingerprint density at radius 3 is 2.30 bits per heavy atom. The van der Waals surface area contributed by atoms with Crippen molar-refractivity contribution in [3.05, 3.63) is 60.2 Å². The first-order valence-electron chi connectivity index (χ1n) is 12.4. The molecule has 0 bridgehead atoms. The lowest BCUT2D eigenvalue weighted by atomic mass is 10.0. The normalized spacial score (nSPS) is 15.7. The lowest BCUT2D eigenvalue weighted by molar-refractivity contribution is -0.123. The van der Waals surface area contributed by atoms with Crippen LogP contribution in [0.3, 0.4) is 0 Å². The number of carbonyl (C=O) groups excluding carboxylic acids is 2. The van der Waals surface area contributed by atoms with Crippen molar-refractivity contribution < 1.29 is 27.9 Å². The van der Waals surface area contributed by atoms with E-state index >= 15 is 0 Å². The quantitative estimate of drug-likeness (QED) is 0.349. The number of hydrogen-bond donors (Lipinski definition) is 4. The zero-order valence-corrected chi connectivity index (χ0v) is 22.0. The number of sulfonamides is 1. The van der Waals surface area contributed by atoms with Gasteiger partial charge in [0, 0.05) is 32.1 Å². The van der Waals surface area contributed by atoms with Gasteiger partial charge in [0.05, 0.1) is 18.1 Å². The summed E-state index contributed by atoms with van der Waals surface area (Å²) in [5.74, 6) is -0.152. The van der Waals surface area contributed by atoms with Crippen LogP contribution in [0.1, 0.15) is 25.8 Å². The maximum atomic E-state index is 13.3. The largest absolute Gasteiger partial charge is 0.508 e. The number of urea groups is 1. The molecule has 2 aromatic rings. The second-order valence-electron chi connectivity index (χ2n) is 9.48. The molecular weight excluding hydrogens is 496 g/mol. The molecule has 1 fully saturated rings. The second-order valence-corrected chi connectivity index (χ2v) is 11.2. The van der Waals surface area contributed by atoms with Crippen LogP contribution in [0.5, 0.6) is 5.75 Å². The minimum absolute atomic E-state index is 0.0581. The standard InChI is InChI=1S/C26H36N4O6S/c1-19(2)16-21(29-37(34,35)23-6-4-3-5-7-23)18-27-25(32)24(17-20-8-10-22(31)11-9-20)28-26(33)30-12-14-36-15-13-30/h3-11,19,21,24,29,31H,12-18H2,1-2H3,(H,27,32)(H,28,33)/t21?,24-/m0/s1. The maximum Gasteiger partial charge on any atom is 0.318 e. The van der Waals surface area contributed by atoms with Gasteiger partial charge in [-0.1, -0.05) is 44.2 Å². The van der Waals surface area contributed by atoms with E-state index in [1.165, 1.54) is 24.3 Å². The number of ether oxygens (including phenoxy) is 1. The van der Waals surface area contributed by atoms with Gasteiger partial charge < -0.3 is 25.4 Å². The van der Waals surface area contributed by atoms with E-state index in [0.29, 0.717) is 32.7 Å². The molecule has 10 nitrogen and oxygen atoms in total.